The minimum Gasteiger partial charge on any atom is -0.316 e. The maximum atomic E-state index is 3.34. The smallest absolute Gasteiger partial charge is 0.0127 e. The lowest BCUT2D eigenvalue weighted by Crippen LogP contribution is -2.31. The fourth-order valence-corrected chi connectivity index (χ4v) is 1.62. The number of hydrogen-bond acceptors (Lipinski definition) is 1. The van der Waals surface area contributed by atoms with E-state index in [0.717, 1.165) is 0 Å². The van der Waals surface area contributed by atoms with Gasteiger partial charge in [-0.2, -0.15) is 0 Å². The van der Waals surface area contributed by atoms with Crippen molar-refractivity contribution in [3.63, 3.8) is 0 Å². The van der Waals surface area contributed by atoms with Crippen molar-refractivity contribution in [3.8, 4) is 0 Å². The van der Waals surface area contributed by atoms with E-state index in [-0.39, 0.29) is 0 Å². The first kappa shape index (κ1) is 8.54. The molecule has 0 saturated heterocycles. The van der Waals surface area contributed by atoms with Gasteiger partial charge in [-0.15, -0.1) is 0 Å². The largest absolute Gasteiger partial charge is 0.316 e. The van der Waals surface area contributed by atoms with Gasteiger partial charge in [-0.25, -0.2) is 0 Å². The van der Waals surface area contributed by atoms with E-state index >= 15 is 0 Å². The van der Waals surface area contributed by atoms with Gasteiger partial charge in [0.05, 0.1) is 0 Å². The van der Waals surface area contributed by atoms with E-state index in [9.17, 15) is 0 Å². The van der Waals surface area contributed by atoms with Gasteiger partial charge in [0.1, 0.15) is 0 Å². The van der Waals surface area contributed by atoms with Gasteiger partial charge in [0, 0.05) is 6.04 Å². The summed E-state index contributed by atoms with van der Waals surface area (Å²) in [6.45, 7) is 2.23. The molecule has 1 aliphatic carbocycles. The molecular formula is C10H17N. The first-order chi connectivity index (χ1) is 5.38. The van der Waals surface area contributed by atoms with Crippen LogP contribution in [0.2, 0.25) is 0 Å². The maximum Gasteiger partial charge on any atom is 0.0127 e. The van der Waals surface area contributed by atoms with Crippen LogP contribution in [0.5, 0.6) is 0 Å². The zero-order valence-corrected chi connectivity index (χ0v) is 7.38. The van der Waals surface area contributed by atoms with Crippen molar-refractivity contribution in [1.29, 1.82) is 0 Å². The molecule has 1 aliphatic rings. The van der Waals surface area contributed by atoms with E-state index in [4.69, 9.17) is 0 Å². The molecule has 62 valence electrons. The van der Waals surface area contributed by atoms with Crippen molar-refractivity contribution in [3.05, 3.63) is 24.3 Å². The van der Waals surface area contributed by atoms with Crippen LogP contribution in [-0.4, -0.2) is 13.1 Å². The lowest BCUT2D eigenvalue weighted by Gasteiger charge is -2.23. The molecule has 1 heteroatoms. The summed E-state index contributed by atoms with van der Waals surface area (Å²) in [6, 6.07) is 0.649. The summed E-state index contributed by atoms with van der Waals surface area (Å²) in [5, 5.41) is 3.34. The monoisotopic (exact) mass is 151 g/mol. The SMILES string of the molecule is CCC(NC)[C@@H]1C=CC=CC1. The molecular weight excluding hydrogens is 134 g/mol. The second kappa shape index (κ2) is 4.35. The Hall–Kier alpha value is -0.560. The lowest BCUT2D eigenvalue weighted by molar-refractivity contribution is 0.425. The average molecular weight is 151 g/mol. The van der Waals surface area contributed by atoms with Crippen LogP contribution in [0.3, 0.4) is 0 Å². The Kier molecular flexibility index (Phi) is 3.37. The molecule has 11 heavy (non-hydrogen) atoms. The minimum atomic E-state index is 0.649. The third kappa shape index (κ3) is 2.19. The summed E-state index contributed by atoms with van der Waals surface area (Å²) in [5.41, 5.74) is 0. The van der Waals surface area contributed by atoms with Gasteiger partial charge in [-0.3, -0.25) is 0 Å². The first-order valence-corrected chi connectivity index (χ1v) is 4.39. The molecule has 0 spiro atoms. The number of rotatable bonds is 3. The molecule has 1 N–H and O–H groups in total. The Labute approximate surface area is 69.2 Å². The van der Waals surface area contributed by atoms with Crippen LogP contribution in [0.15, 0.2) is 24.3 Å². The van der Waals surface area contributed by atoms with Gasteiger partial charge in [0.15, 0.2) is 0 Å². The summed E-state index contributed by atoms with van der Waals surface area (Å²) in [7, 11) is 2.04. The summed E-state index contributed by atoms with van der Waals surface area (Å²) in [6.07, 6.45) is 11.2. The molecule has 1 rings (SSSR count). The molecule has 0 aromatic heterocycles. The highest BCUT2D eigenvalue weighted by Crippen LogP contribution is 2.17. The predicted octanol–water partition coefficient (Wildman–Crippen LogP) is 2.12. The maximum absolute atomic E-state index is 3.34. The third-order valence-corrected chi connectivity index (χ3v) is 2.34. The van der Waals surface area contributed by atoms with E-state index in [1.165, 1.54) is 12.8 Å². The van der Waals surface area contributed by atoms with Crippen LogP contribution in [-0.2, 0) is 0 Å². The van der Waals surface area contributed by atoms with E-state index < -0.39 is 0 Å². The van der Waals surface area contributed by atoms with Crippen molar-refractivity contribution in [2.75, 3.05) is 7.05 Å². The normalized spacial score (nSPS) is 25.5. The molecule has 0 fully saturated rings. The fraction of sp³-hybridized carbons (Fsp3) is 0.600. The van der Waals surface area contributed by atoms with Crippen LogP contribution in [0, 0.1) is 5.92 Å². The van der Waals surface area contributed by atoms with Crippen LogP contribution < -0.4 is 5.32 Å². The summed E-state index contributed by atoms with van der Waals surface area (Å²) < 4.78 is 0. The minimum absolute atomic E-state index is 0.649. The van der Waals surface area contributed by atoms with Crippen molar-refractivity contribution in [2.24, 2.45) is 5.92 Å². The number of allylic oxidation sites excluding steroid dienone is 3. The summed E-state index contributed by atoms with van der Waals surface area (Å²) >= 11 is 0. The van der Waals surface area contributed by atoms with Gasteiger partial charge < -0.3 is 5.32 Å². The Morgan fingerprint density at radius 1 is 1.55 bits per heavy atom. The second-order valence-corrected chi connectivity index (χ2v) is 3.02. The zero-order chi connectivity index (χ0) is 8.10. The van der Waals surface area contributed by atoms with Crippen molar-refractivity contribution < 1.29 is 0 Å². The summed E-state index contributed by atoms with van der Waals surface area (Å²) in [5.74, 6) is 0.704. The second-order valence-electron chi connectivity index (χ2n) is 3.02. The van der Waals surface area contributed by atoms with Crippen LogP contribution >= 0.6 is 0 Å². The first-order valence-electron chi connectivity index (χ1n) is 4.39. The van der Waals surface area contributed by atoms with E-state index in [2.05, 4.69) is 36.5 Å². The zero-order valence-electron chi connectivity index (χ0n) is 7.38. The van der Waals surface area contributed by atoms with Gasteiger partial charge in [-0.1, -0.05) is 31.2 Å². The predicted molar refractivity (Wildman–Crippen MR) is 49.5 cm³/mol. The average Bonchev–Trinajstić information content (AvgIpc) is 2.09. The molecule has 0 bridgehead atoms. The van der Waals surface area contributed by atoms with Crippen LogP contribution in [0.4, 0.5) is 0 Å². The number of nitrogens with one attached hydrogen (secondary N) is 1. The number of hydrogen-bond donors (Lipinski definition) is 1. The van der Waals surface area contributed by atoms with Crippen LogP contribution in [0.25, 0.3) is 0 Å². The highest BCUT2D eigenvalue weighted by atomic mass is 14.9. The quantitative estimate of drug-likeness (QED) is 0.651. The molecule has 0 saturated carbocycles. The fourth-order valence-electron chi connectivity index (χ4n) is 1.62. The highest BCUT2D eigenvalue weighted by Gasteiger charge is 2.14. The molecule has 0 aromatic rings. The molecule has 1 nitrogen and oxygen atoms in total. The molecule has 0 heterocycles. The standard InChI is InChI=1S/C10H17N/c1-3-10(11-2)9-7-5-4-6-8-9/h4-7,9-11H,3,8H2,1-2H3/t9-,10?/m1/s1. The Morgan fingerprint density at radius 3 is 2.82 bits per heavy atom. The Morgan fingerprint density at radius 2 is 2.36 bits per heavy atom. The molecule has 0 aliphatic heterocycles. The van der Waals surface area contributed by atoms with E-state index in [0.29, 0.717) is 12.0 Å². The molecule has 2 atom stereocenters. The van der Waals surface area contributed by atoms with Gasteiger partial charge in [-0.05, 0) is 25.8 Å². The van der Waals surface area contributed by atoms with E-state index in [1.807, 2.05) is 7.05 Å². The van der Waals surface area contributed by atoms with Crippen LogP contribution in [0.1, 0.15) is 19.8 Å². The van der Waals surface area contributed by atoms with Crippen molar-refractivity contribution in [2.45, 2.75) is 25.8 Å². The molecule has 0 radical (unpaired) electrons. The Balaban J connectivity index is 2.45. The van der Waals surface area contributed by atoms with Gasteiger partial charge in [0.2, 0.25) is 0 Å². The molecule has 0 amide bonds. The van der Waals surface area contributed by atoms with Gasteiger partial charge >= 0.3 is 0 Å². The Bertz CT molecular complexity index is 154. The van der Waals surface area contributed by atoms with Gasteiger partial charge in [0.25, 0.3) is 0 Å². The third-order valence-electron chi connectivity index (χ3n) is 2.34. The molecule has 0 aromatic carbocycles. The van der Waals surface area contributed by atoms with Crippen molar-refractivity contribution in [1.82, 2.24) is 5.32 Å². The highest BCUT2D eigenvalue weighted by molar-refractivity contribution is 5.12. The summed E-state index contributed by atoms with van der Waals surface area (Å²) in [4.78, 5) is 0. The topological polar surface area (TPSA) is 12.0 Å². The van der Waals surface area contributed by atoms with Crippen molar-refractivity contribution >= 4 is 0 Å². The van der Waals surface area contributed by atoms with E-state index in [1.54, 1.807) is 0 Å². The lowest BCUT2D eigenvalue weighted by atomic mass is 9.91. The molecule has 1 unspecified atom stereocenters.